The summed E-state index contributed by atoms with van der Waals surface area (Å²) >= 11 is 1.67. The molecule has 0 unspecified atom stereocenters. The molecule has 0 saturated carbocycles. The molecular formula is C18H16O3S. The highest BCUT2D eigenvalue weighted by atomic mass is 32.1. The molecule has 3 rings (SSSR count). The summed E-state index contributed by atoms with van der Waals surface area (Å²) in [5, 5.41) is 9.72. The number of aliphatic carboxylic acids is 1. The van der Waals surface area contributed by atoms with Gasteiger partial charge in [-0.15, -0.1) is 11.3 Å². The van der Waals surface area contributed by atoms with Gasteiger partial charge in [-0.05, 0) is 30.7 Å². The van der Waals surface area contributed by atoms with Gasteiger partial charge in [0, 0.05) is 25.7 Å². The molecule has 0 spiro atoms. The summed E-state index contributed by atoms with van der Waals surface area (Å²) in [6, 6.07) is 15.5. The summed E-state index contributed by atoms with van der Waals surface area (Å²) in [7, 11) is 0. The van der Waals surface area contributed by atoms with Gasteiger partial charge in [0.1, 0.15) is 0 Å². The predicted molar refractivity (Wildman–Crippen MR) is 92.7 cm³/mol. The first-order valence-corrected chi connectivity index (χ1v) is 7.68. The van der Waals surface area contributed by atoms with Crippen molar-refractivity contribution in [1.82, 2.24) is 0 Å². The van der Waals surface area contributed by atoms with Crippen LogP contribution in [0.25, 0.3) is 20.2 Å². The van der Waals surface area contributed by atoms with Crippen molar-refractivity contribution in [2.45, 2.75) is 13.3 Å². The number of carboxylic acid groups (broad SMARTS) is 1. The quantitative estimate of drug-likeness (QED) is 0.562. The van der Waals surface area contributed by atoms with Gasteiger partial charge in [0.2, 0.25) is 0 Å². The smallest absolute Gasteiger partial charge is 0.330 e. The van der Waals surface area contributed by atoms with Crippen molar-refractivity contribution in [3.8, 4) is 0 Å². The third-order valence-corrected chi connectivity index (χ3v) is 4.36. The van der Waals surface area contributed by atoms with Gasteiger partial charge in [-0.25, -0.2) is 4.79 Å². The number of fused-ring (bicyclic) bond motifs is 2. The van der Waals surface area contributed by atoms with E-state index >= 15 is 0 Å². The first-order valence-electron chi connectivity index (χ1n) is 6.86. The number of benzene rings is 2. The lowest BCUT2D eigenvalue weighted by Crippen LogP contribution is -1.99. The number of carboxylic acids is 1. The van der Waals surface area contributed by atoms with E-state index in [1.165, 1.54) is 0 Å². The maximum absolute atomic E-state index is 12.1. The Morgan fingerprint density at radius 1 is 1.05 bits per heavy atom. The van der Waals surface area contributed by atoms with Crippen molar-refractivity contribution in [2.24, 2.45) is 0 Å². The van der Waals surface area contributed by atoms with Crippen LogP contribution in [0.4, 0.5) is 0 Å². The number of rotatable bonds is 2. The molecule has 0 bridgehead atoms. The fourth-order valence-corrected chi connectivity index (χ4v) is 2.97. The molecule has 22 heavy (non-hydrogen) atoms. The van der Waals surface area contributed by atoms with Crippen LogP contribution in [0, 0.1) is 0 Å². The topological polar surface area (TPSA) is 54.4 Å². The normalized spacial score (nSPS) is 10.0. The Morgan fingerprint density at radius 2 is 1.50 bits per heavy atom. The lowest BCUT2D eigenvalue weighted by atomic mass is 10.2. The fourth-order valence-electron chi connectivity index (χ4n) is 1.90. The Hall–Kier alpha value is -2.46. The molecule has 1 N–H and O–H groups in total. The molecular weight excluding hydrogens is 296 g/mol. The number of carbonyl (C=O) groups is 1. The third kappa shape index (κ3) is 3.40. The summed E-state index contributed by atoms with van der Waals surface area (Å²) in [4.78, 5) is 21.9. The SMILES string of the molecule is C=C(CC)C(=O)O.O=c1c2ccccc2sc2ccccc12. The van der Waals surface area contributed by atoms with Gasteiger partial charge in [-0.3, -0.25) is 4.79 Å². The second-order valence-corrected chi connectivity index (χ2v) is 5.77. The van der Waals surface area contributed by atoms with Gasteiger partial charge < -0.3 is 5.11 Å². The van der Waals surface area contributed by atoms with E-state index in [-0.39, 0.29) is 11.0 Å². The van der Waals surface area contributed by atoms with E-state index in [0.29, 0.717) is 6.42 Å². The van der Waals surface area contributed by atoms with E-state index in [1.54, 1.807) is 18.3 Å². The second kappa shape index (κ2) is 7.00. The molecule has 3 aromatic rings. The molecule has 0 atom stereocenters. The molecule has 0 aliphatic heterocycles. The zero-order chi connectivity index (χ0) is 16.1. The molecule has 2 aromatic carbocycles. The molecule has 0 aliphatic carbocycles. The van der Waals surface area contributed by atoms with E-state index in [2.05, 4.69) is 6.58 Å². The maximum atomic E-state index is 12.1. The second-order valence-electron chi connectivity index (χ2n) is 4.69. The third-order valence-electron chi connectivity index (χ3n) is 3.21. The van der Waals surface area contributed by atoms with Gasteiger partial charge in [-0.2, -0.15) is 0 Å². The molecule has 112 valence electrons. The average Bonchev–Trinajstić information content (AvgIpc) is 2.55. The summed E-state index contributed by atoms with van der Waals surface area (Å²) in [5.74, 6) is -0.900. The Kier molecular flexibility index (Phi) is 5.07. The van der Waals surface area contributed by atoms with Crippen LogP contribution in [0.2, 0.25) is 0 Å². The minimum Gasteiger partial charge on any atom is -0.478 e. The molecule has 3 nitrogen and oxygen atoms in total. The van der Waals surface area contributed by atoms with Gasteiger partial charge in [-0.1, -0.05) is 37.8 Å². The fraction of sp³-hybridized carbons (Fsp3) is 0.111. The standard InChI is InChI=1S/C13H8OS.C5H8O2/c14-13-9-5-1-3-7-11(9)15-12-8-4-2-6-10(12)13;1-3-4(2)5(6)7/h1-8H;2-3H2,1H3,(H,6,7). The highest BCUT2D eigenvalue weighted by molar-refractivity contribution is 7.24. The van der Waals surface area contributed by atoms with Crippen molar-refractivity contribution in [3.63, 3.8) is 0 Å². The van der Waals surface area contributed by atoms with Gasteiger partial charge in [0.05, 0.1) is 0 Å². The van der Waals surface area contributed by atoms with E-state index < -0.39 is 5.97 Å². The highest BCUT2D eigenvalue weighted by Gasteiger charge is 2.03. The molecule has 0 fully saturated rings. The largest absolute Gasteiger partial charge is 0.478 e. The molecule has 0 saturated heterocycles. The average molecular weight is 312 g/mol. The lowest BCUT2D eigenvalue weighted by Gasteiger charge is -1.99. The minimum absolute atomic E-state index is 0.139. The molecule has 0 amide bonds. The van der Waals surface area contributed by atoms with Crippen LogP contribution in [0.5, 0.6) is 0 Å². The summed E-state index contributed by atoms with van der Waals surface area (Å²) in [5.41, 5.74) is 0.403. The van der Waals surface area contributed by atoms with Crippen LogP contribution in [0.3, 0.4) is 0 Å². The van der Waals surface area contributed by atoms with Crippen LogP contribution in [-0.4, -0.2) is 11.1 Å². The Bertz CT molecular complexity index is 836. The van der Waals surface area contributed by atoms with Crippen molar-refractivity contribution in [2.75, 3.05) is 0 Å². The van der Waals surface area contributed by atoms with Crippen LogP contribution in [0.1, 0.15) is 13.3 Å². The minimum atomic E-state index is -0.900. The van der Waals surface area contributed by atoms with E-state index in [9.17, 15) is 9.59 Å². The Morgan fingerprint density at radius 3 is 1.86 bits per heavy atom. The van der Waals surface area contributed by atoms with Crippen molar-refractivity contribution < 1.29 is 9.90 Å². The highest BCUT2D eigenvalue weighted by Crippen LogP contribution is 2.23. The van der Waals surface area contributed by atoms with Crippen molar-refractivity contribution >= 4 is 37.5 Å². The van der Waals surface area contributed by atoms with Crippen molar-refractivity contribution in [1.29, 1.82) is 0 Å². The molecule has 4 heteroatoms. The van der Waals surface area contributed by atoms with Crippen molar-refractivity contribution in [3.05, 3.63) is 70.9 Å². The molecule has 1 aromatic heterocycles. The summed E-state index contributed by atoms with van der Waals surface area (Å²) in [6.07, 6.45) is 0.523. The van der Waals surface area contributed by atoms with Gasteiger partial charge >= 0.3 is 5.97 Å². The predicted octanol–water partition coefficient (Wildman–Crippen LogP) is 4.45. The van der Waals surface area contributed by atoms with Crippen LogP contribution < -0.4 is 5.43 Å². The zero-order valence-corrected chi connectivity index (χ0v) is 13.0. The van der Waals surface area contributed by atoms with E-state index in [4.69, 9.17) is 5.11 Å². The van der Waals surface area contributed by atoms with Gasteiger partial charge in [0.25, 0.3) is 0 Å². The van der Waals surface area contributed by atoms with Crippen LogP contribution in [-0.2, 0) is 4.79 Å². The number of hydrogen-bond acceptors (Lipinski definition) is 3. The lowest BCUT2D eigenvalue weighted by molar-refractivity contribution is -0.132. The molecule has 1 heterocycles. The Labute approximate surface area is 132 Å². The van der Waals surface area contributed by atoms with E-state index in [0.717, 1.165) is 20.2 Å². The van der Waals surface area contributed by atoms with Crippen LogP contribution >= 0.6 is 11.3 Å². The van der Waals surface area contributed by atoms with Gasteiger partial charge in [0.15, 0.2) is 5.43 Å². The number of hydrogen-bond donors (Lipinski definition) is 1. The van der Waals surface area contributed by atoms with Crippen LogP contribution in [0.15, 0.2) is 65.5 Å². The summed E-state index contributed by atoms with van der Waals surface area (Å²) < 4.78 is 2.11. The zero-order valence-electron chi connectivity index (χ0n) is 12.2. The summed E-state index contributed by atoms with van der Waals surface area (Å²) in [6.45, 7) is 5.03. The maximum Gasteiger partial charge on any atom is 0.330 e. The molecule has 0 aliphatic rings. The first-order chi connectivity index (χ1) is 10.5. The monoisotopic (exact) mass is 312 g/mol. The Balaban J connectivity index is 0.000000217. The first kappa shape index (κ1) is 15.9. The van der Waals surface area contributed by atoms with E-state index in [1.807, 2.05) is 48.5 Å². The molecule has 0 radical (unpaired) electrons.